The van der Waals surface area contributed by atoms with Crippen molar-refractivity contribution in [3.63, 3.8) is 0 Å². The van der Waals surface area contributed by atoms with Crippen LogP contribution in [-0.2, 0) is 4.79 Å². The van der Waals surface area contributed by atoms with E-state index in [2.05, 4.69) is 20.8 Å². The Hall–Kier alpha value is -0.450. The highest BCUT2D eigenvalue weighted by atomic mass is 16.3. The molecule has 4 nitrogen and oxygen atoms in total. The van der Waals surface area contributed by atoms with E-state index in [-0.39, 0.29) is 16.6 Å². The number of fused-ring (bicyclic) bond motifs is 2. The lowest BCUT2D eigenvalue weighted by molar-refractivity contribution is -0.139. The summed E-state index contributed by atoms with van der Waals surface area (Å²) < 4.78 is 0. The molecule has 3 unspecified atom stereocenters. The topological polar surface area (TPSA) is 77.8 Å². The second-order valence-corrected chi connectivity index (χ2v) is 7.69. The summed E-state index contributed by atoms with van der Waals surface area (Å²) in [6.07, 6.45) is 3.79. The monoisotopic (exact) mass is 284 g/mol. The maximum absolute atomic E-state index is 12.5. The zero-order valence-electron chi connectivity index (χ0n) is 12.9. The van der Waals surface area contributed by atoms with E-state index < -0.39 is 25.2 Å². The van der Waals surface area contributed by atoms with Crippen LogP contribution < -0.4 is 0 Å². The van der Waals surface area contributed by atoms with Gasteiger partial charge in [-0.1, -0.05) is 20.8 Å². The predicted octanol–water partition coefficient (Wildman–Crippen LogP) is 1.37. The molecule has 0 aliphatic heterocycles. The van der Waals surface area contributed by atoms with E-state index in [0.29, 0.717) is 18.3 Å². The van der Waals surface area contributed by atoms with Crippen LogP contribution in [0.2, 0.25) is 0 Å². The number of Topliss-reactive ketones (excluding diaryl/α,β-unsaturated/α-hetero) is 1. The number of carbonyl (C=O) groups excluding carboxylic acids is 1. The zero-order valence-corrected chi connectivity index (χ0v) is 12.9. The quantitative estimate of drug-likeness (QED) is 0.688. The van der Waals surface area contributed by atoms with E-state index in [9.17, 15) is 20.1 Å². The highest BCUT2D eigenvalue weighted by Gasteiger charge is 2.61. The molecule has 3 atom stereocenters. The van der Waals surface area contributed by atoms with Crippen LogP contribution >= 0.6 is 0 Å². The zero-order chi connectivity index (χ0) is 15.2. The molecule has 2 fully saturated rings. The van der Waals surface area contributed by atoms with Crippen LogP contribution in [0.5, 0.6) is 0 Å². The summed E-state index contributed by atoms with van der Waals surface area (Å²) in [5.74, 6) is 0.768. The smallest absolute Gasteiger partial charge is 0.146 e. The molecule has 0 aromatic rings. The lowest BCUT2D eigenvalue weighted by Gasteiger charge is -2.40. The Kier molecular flexibility index (Phi) is 4.04. The lowest BCUT2D eigenvalue weighted by Crippen LogP contribution is -2.44. The Morgan fingerprint density at radius 2 is 1.70 bits per heavy atom. The number of ketones is 1. The summed E-state index contributed by atoms with van der Waals surface area (Å²) in [4.78, 5) is 12.5. The maximum atomic E-state index is 12.5. The van der Waals surface area contributed by atoms with Crippen molar-refractivity contribution < 1.29 is 20.1 Å². The predicted molar refractivity (Wildman–Crippen MR) is 76.0 cm³/mol. The lowest BCUT2D eigenvalue weighted by atomic mass is 9.64. The summed E-state index contributed by atoms with van der Waals surface area (Å²) in [6, 6.07) is 0. The van der Waals surface area contributed by atoms with Crippen LogP contribution in [0.4, 0.5) is 0 Å². The molecule has 116 valence electrons. The number of rotatable bonds is 6. The van der Waals surface area contributed by atoms with Crippen molar-refractivity contribution in [1.29, 1.82) is 0 Å². The first-order valence-corrected chi connectivity index (χ1v) is 7.63. The molecule has 0 spiro atoms. The second-order valence-electron chi connectivity index (χ2n) is 7.69. The molecule has 4 heteroatoms. The summed E-state index contributed by atoms with van der Waals surface area (Å²) in [6.45, 7) is 5.40. The minimum Gasteiger partial charge on any atom is -0.395 e. The Bertz CT molecular complexity index is 378. The molecule has 0 heterocycles. The highest BCUT2D eigenvalue weighted by molar-refractivity contribution is 5.85. The second kappa shape index (κ2) is 5.08. The summed E-state index contributed by atoms with van der Waals surface area (Å²) in [7, 11) is 0. The maximum Gasteiger partial charge on any atom is 0.146 e. The highest BCUT2D eigenvalue weighted by Crippen LogP contribution is 2.68. The van der Waals surface area contributed by atoms with Gasteiger partial charge in [-0.2, -0.15) is 0 Å². The van der Waals surface area contributed by atoms with E-state index in [0.717, 1.165) is 12.8 Å². The van der Waals surface area contributed by atoms with Crippen molar-refractivity contribution in [2.45, 2.75) is 46.5 Å². The van der Waals surface area contributed by atoms with Crippen LogP contribution in [0.1, 0.15) is 46.5 Å². The Labute approximate surface area is 121 Å². The fourth-order valence-corrected chi connectivity index (χ4v) is 4.53. The van der Waals surface area contributed by atoms with E-state index in [1.54, 1.807) is 0 Å². The number of aliphatic hydroxyl groups excluding tert-OH is 3. The molecule has 0 aromatic carbocycles. The van der Waals surface area contributed by atoms with E-state index >= 15 is 0 Å². The average molecular weight is 284 g/mol. The van der Waals surface area contributed by atoms with Crippen molar-refractivity contribution in [1.82, 2.24) is 0 Å². The number of carbonyl (C=O) groups is 1. The van der Waals surface area contributed by atoms with Gasteiger partial charge in [0.1, 0.15) is 5.78 Å². The SMILES string of the molecule is CC1(C)C2CCC1(C)C(CC(=O)C(CO)(CO)CO)C2. The van der Waals surface area contributed by atoms with Crippen LogP contribution in [0, 0.1) is 28.1 Å². The molecule has 0 radical (unpaired) electrons. The fraction of sp³-hybridized carbons (Fsp3) is 0.938. The molecule has 0 aromatic heterocycles. The van der Waals surface area contributed by atoms with Gasteiger partial charge in [0.25, 0.3) is 0 Å². The van der Waals surface area contributed by atoms with Gasteiger partial charge in [-0.05, 0) is 41.9 Å². The summed E-state index contributed by atoms with van der Waals surface area (Å²) in [5.41, 5.74) is -0.972. The molecular formula is C16H28O4. The van der Waals surface area contributed by atoms with Gasteiger partial charge in [0.05, 0.1) is 25.2 Å². The first-order chi connectivity index (χ1) is 9.27. The van der Waals surface area contributed by atoms with Crippen molar-refractivity contribution in [2.24, 2.45) is 28.1 Å². The average Bonchev–Trinajstić information content (AvgIpc) is 2.74. The van der Waals surface area contributed by atoms with Crippen LogP contribution in [0.15, 0.2) is 0 Å². The molecular weight excluding hydrogens is 256 g/mol. The third-order valence-corrected chi connectivity index (χ3v) is 6.91. The van der Waals surface area contributed by atoms with Gasteiger partial charge in [-0.15, -0.1) is 0 Å². The fourth-order valence-electron chi connectivity index (χ4n) is 4.53. The first kappa shape index (κ1) is 15.9. The van der Waals surface area contributed by atoms with Gasteiger partial charge in [0.2, 0.25) is 0 Å². The third kappa shape index (κ3) is 1.96. The molecule has 2 aliphatic carbocycles. The van der Waals surface area contributed by atoms with Crippen molar-refractivity contribution in [3.05, 3.63) is 0 Å². The molecule has 3 N–H and O–H groups in total. The molecule has 2 saturated carbocycles. The standard InChI is InChI=1S/C16H28O4/c1-14(2)11-4-5-15(14,3)12(6-11)7-13(20)16(8-17,9-18)10-19/h11-12,17-19H,4-10H2,1-3H3. The summed E-state index contributed by atoms with van der Waals surface area (Å²) >= 11 is 0. The number of hydrogen-bond acceptors (Lipinski definition) is 4. The van der Waals surface area contributed by atoms with Crippen molar-refractivity contribution in [3.8, 4) is 0 Å². The largest absolute Gasteiger partial charge is 0.395 e. The molecule has 2 bridgehead atoms. The molecule has 2 aliphatic rings. The molecule has 2 rings (SSSR count). The van der Waals surface area contributed by atoms with Gasteiger partial charge < -0.3 is 15.3 Å². The Balaban J connectivity index is 2.14. The minimum absolute atomic E-state index is 0.152. The van der Waals surface area contributed by atoms with Gasteiger partial charge in [-0.3, -0.25) is 4.79 Å². The Morgan fingerprint density at radius 3 is 2.05 bits per heavy atom. The van der Waals surface area contributed by atoms with Crippen LogP contribution in [-0.4, -0.2) is 40.9 Å². The van der Waals surface area contributed by atoms with Gasteiger partial charge in [0.15, 0.2) is 0 Å². The van der Waals surface area contributed by atoms with Crippen molar-refractivity contribution >= 4 is 5.78 Å². The van der Waals surface area contributed by atoms with Crippen LogP contribution in [0.3, 0.4) is 0 Å². The molecule has 20 heavy (non-hydrogen) atoms. The summed E-state index contributed by atoms with van der Waals surface area (Å²) in [5, 5.41) is 28.1. The number of hydrogen-bond donors (Lipinski definition) is 3. The Morgan fingerprint density at radius 1 is 1.15 bits per heavy atom. The molecule has 0 saturated heterocycles. The van der Waals surface area contributed by atoms with Gasteiger partial charge >= 0.3 is 0 Å². The van der Waals surface area contributed by atoms with E-state index in [4.69, 9.17) is 0 Å². The number of aliphatic hydroxyl groups is 3. The third-order valence-electron chi connectivity index (χ3n) is 6.91. The normalized spacial score (nSPS) is 35.5. The van der Waals surface area contributed by atoms with Gasteiger partial charge in [0, 0.05) is 6.42 Å². The van der Waals surface area contributed by atoms with E-state index in [1.165, 1.54) is 6.42 Å². The van der Waals surface area contributed by atoms with Crippen LogP contribution in [0.25, 0.3) is 0 Å². The van der Waals surface area contributed by atoms with Crippen molar-refractivity contribution in [2.75, 3.05) is 19.8 Å². The van der Waals surface area contributed by atoms with Gasteiger partial charge in [-0.25, -0.2) is 0 Å². The first-order valence-electron chi connectivity index (χ1n) is 7.63. The minimum atomic E-state index is -1.37. The van der Waals surface area contributed by atoms with E-state index in [1.807, 2.05) is 0 Å². The molecule has 0 amide bonds.